The molecule has 0 bridgehead atoms. The highest BCUT2D eigenvalue weighted by Gasteiger charge is 2.31. The molecular weight excluding hydrogens is 1340 g/mol. The minimum absolute atomic E-state index is 0.00820. The Kier molecular flexibility index (Phi) is 24.2. The summed E-state index contributed by atoms with van der Waals surface area (Å²) in [6.45, 7) is 7.76. The number of anilines is 7. The number of carbonyl (C=O) groups excluding carboxylic acids is 5. The molecule has 2 fully saturated rings. The smallest absolute Gasteiger partial charge is 0.273 e. The van der Waals surface area contributed by atoms with Gasteiger partial charge in [-0.1, -0.05) is 41.4 Å². The number of carbonyl (C=O) groups is 5. The first-order valence-electron chi connectivity index (χ1n) is 34.8. The van der Waals surface area contributed by atoms with Gasteiger partial charge in [-0.3, -0.25) is 24.0 Å². The van der Waals surface area contributed by atoms with E-state index < -0.39 is 31.7 Å². The average Bonchev–Trinajstić information content (AvgIpc) is 1.79. The third kappa shape index (κ3) is 20.0. The first kappa shape index (κ1) is 67.3. The molecule has 3 unspecified atom stereocenters. The fraction of sp³-hybridized carbons (Fsp3) is 0.353. The molecule has 2 saturated carbocycles. The van der Waals surface area contributed by atoms with E-state index in [-0.39, 0.29) is 86.9 Å². The van der Waals surface area contributed by atoms with Gasteiger partial charge in [-0.2, -0.15) is 15.3 Å². The number of primary amides is 1. The van der Waals surface area contributed by atoms with E-state index in [1.807, 2.05) is 107 Å². The number of benzene rings is 3. The first-order valence-corrected chi connectivity index (χ1v) is 32.5. The van der Waals surface area contributed by atoms with Crippen LogP contribution in [-0.4, -0.2) is 152 Å². The van der Waals surface area contributed by atoms with Crippen molar-refractivity contribution in [1.29, 1.82) is 0 Å². The quantitative estimate of drug-likeness (QED) is 0.0237. The molecule has 101 heavy (non-hydrogen) atoms. The van der Waals surface area contributed by atoms with Crippen LogP contribution in [0.4, 0.5) is 39.9 Å². The van der Waals surface area contributed by atoms with Gasteiger partial charge in [0.25, 0.3) is 17.7 Å². The van der Waals surface area contributed by atoms with Crippen LogP contribution in [-0.2, 0) is 23.8 Å². The van der Waals surface area contributed by atoms with Crippen molar-refractivity contribution in [2.45, 2.75) is 85.9 Å². The number of nitrogens with one attached hydrogen (secondary N) is 7. The minimum atomic E-state index is -2.69. The number of rotatable bonds is 27. The van der Waals surface area contributed by atoms with Crippen molar-refractivity contribution < 1.29 is 60.6 Å². The number of nitrogens with zero attached hydrogens (tertiary/aromatic N) is 12. The van der Waals surface area contributed by atoms with E-state index in [1.165, 1.54) is 33.4 Å². The number of nitrogens with two attached hydrogens (primary N) is 1. The van der Waals surface area contributed by atoms with E-state index in [9.17, 15) is 24.0 Å². The van der Waals surface area contributed by atoms with E-state index in [4.69, 9.17) is 65.6 Å². The van der Waals surface area contributed by atoms with Crippen LogP contribution in [0.1, 0.15) is 126 Å². The molecule has 31 nitrogen and oxygen atoms in total. The highest BCUT2D eigenvalue weighted by atomic mass is 35.5. The second-order valence-corrected chi connectivity index (χ2v) is 22.8. The number of para-hydroxylation sites is 3. The molecule has 3 atom stereocenters. The Bertz CT molecular complexity index is 4400. The molecule has 9 aromatic rings. The largest absolute Gasteiger partial charge is 0.494 e. The summed E-state index contributed by atoms with van der Waals surface area (Å²) < 4.78 is 82.4. The number of hydrogen-bond acceptors (Lipinski definition) is 23. The van der Waals surface area contributed by atoms with E-state index in [0.29, 0.717) is 88.0 Å². The molecular formula is C68H82Cl2N20O11. The van der Waals surface area contributed by atoms with Gasteiger partial charge < -0.3 is 71.4 Å². The van der Waals surface area contributed by atoms with Gasteiger partial charge in [-0.05, 0) is 122 Å². The van der Waals surface area contributed by atoms with E-state index in [0.717, 1.165) is 31.2 Å². The summed E-state index contributed by atoms with van der Waals surface area (Å²) in [5.41, 5.74) is 10.8. The Balaban J connectivity index is 0.000000194. The molecule has 2 aliphatic carbocycles. The second kappa shape index (κ2) is 36.3. The molecule has 9 N–H and O–H groups in total. The Hall–Kier alpha value is -10.9. The maximum absolute atomic E-state index is 12.4. The van der Waals surface area contributed by atoms with Crippen LogP contribution in [0, 0.1) is 11.8 Å². The number of amides is 5. The highest BCUT2D eigenvalue weighted by molar-refractivity contribution is 6.30. The van der Waals surface area contributed by atoms with E-state index >= 15 is 0 Å². The fourth-order valence-electron chi connectivity index (χ4n) is 9.77. The molecule has 6 heterocycles. The van der Waals surface area contributed by atoms with Crippen molar-refractivity contribution in [2.75, 3.05) is 83.4 Å². The molecule has 5 amide bonds. The van der Waals surface area contributed by atoms with Crippen molar-refractivity contribution in [1.82, 2.24) is 75.9 Å². The van der Waals surface area contributed by atoms with Crippen molar-refractivity contribution in [3.63, 3.8) is 0 Å². The Morgan fingerprint density at radius 1 is 0.505 bits per heavy atom. The van der Waals surface area contributed by atoms with Gasteiger partial charge in [0.05, 0.1) is 72.5 Å². The number of hydrogen-bond donors (Lipinski definition) is 8. The zero-order valence-corrected chi connectivity index (χ0v) is 58.4. The van der Waals surface area contributed by atoms with Crippen molar-refractivity contribution in [3.8, 4) is 51.0 Å². The maximum atomic E-state index is 12.4. The highest BCUT2D eigenvalue weighted by Crippen LogP contribution is 2.42. The van der Waals surface area contributed by atoms with E-state index in [1.54, 1.807) is 63.9 Å². The summed E-state index contributed by atoms with van der Waals surface area (Å²) in [6.07, 6.45) is 8.56. The molecule has 0 aliphatic heterocycles. The number of aromatic nitrogens is 12. The van der Waals surface area contributed by atoms with Crippen molar-refractivity contribution in [3.05, 3.63) is 137 Å². The predicted octanol–water partition coefficient (Wildman–Crippen LogP) is 10.6. The fourth-order valence-corrected chi connectivity index (χ4v) is 10.1. The van der Waals surface area contributed by atoms with Crippen LogP contribution >= 0.6 is 23.2 Å². The maximum Gasteiger partial charge on any atom is 0.273 e. The molecule has 0 spiro atoms. The van der Waals surface area contributed by atoms with Crippen molar-refractivity contribution >= 4 is 92.7 Å². The first-order chi connectivity index (χ1) is 51.0. The zero-order chi connectivity index (χ0) is 77.9. The summed E-state index contributed by atoms with van der Waals surface area (Å²) >= 11 is 11.9. The Morgan fingerprint density at radius 3 is 1.16 bits per heavy atom. The third-order valence-electron chi connectivity index (χ3n) is 15.1. The van der Waals surface area contributed by atoms with Gasteiger partial charge in [0.1, 0.15) is 18.7 Å². The lowest BCUT2D eigenvalue weighted by Gasteiger charge is -2.16. The van der Waals surface area contributed by atoms with Crippen LogP contribution in [0.25, 0.3) is 33.8 Å². The van der Waals surface area contributed by atoms with Crippen LogP contribution in [0.3, 0.4) is 0 Å². The van der Waals surface area contributed by atoms with Crippen LogP contribution in [0.2, 0.25) is 10.3 Å². The summed E-state index contributed by atoms with van der Waals surface area (Å²) in [5, 5.41) is 55.1. The van der Waals surface area contributed by atoms with Gasteiger partial charge in [0.2, 0.25) is 11.8 Å². The summed E-state index contributed by atoms with van der Waals surface area (Å²) in [5.74, 6) is -0.576. The summed E-state index contributed by atoms with van der Waals surface area (Å²) in [6, 6.07) is 26.1. The molecule has 2 aliphatic rings. The second-order valence-electron chi connectivity index (χ2n) is 22.0. The monoisotopic (exact) mass is 1430 g/mol. The van der Waals surface area contributed by atoms with E-state index in [2.05, 4.69) is 72.5 Å². The Labute approximate surface area is 601 Å². The topological polar surface area (TPSA) is 382 Å². The van der Waals surface area contributed by atoms with Crippen LogP contribution < -0.4 is 57.2 Å². The number of methoxy groups -OCH3 is 3. The minimum Gasteiger partial charge on any atom is -0.494 e. The van der Waals surface area contributed by atoms with Gasteiger partial charge >= 0.3 is 0 Å². The molecule has 3 aromatic carbocycles. The lowest BCUT2D eigenvalue weighted by atomic mass is 10.1. The van der Waals surface area contributed by atoms with Crippen molar-refractivity contribution in [2.24, 2.45) is 17.6 Å². The lowest BCUT2D eigenvalue weighted by Crippen LogP contribution is -2.22. The normalized spacial score (nSPS) is 14.1. The summed E-state index contributed by atoms with van der Waals surface area (Å²) in [7, 11) is 6.08. The molecule has 33 heteroatoms. The molecule has 6 aromatic heterocycles. The predicted molar refractivity (Wildman–Crippen MR) is 381 cm³/mol. The van der Waals surface area contributed by atoms with Crippen LogP contribution in [0.5, 0.6) is 17.2 Å². The summed E-state index contributed by atoms with van der Waals surface area (Å²) in [4.78, 5) is 59.5. The van der Waals surface area contributed by atoms with Gasteiger partial charge in [-0.15, -0.1) is 30.6 Å². The van der Waals surface area contributed by atoms with Crippen LogP contribution in [0.15, 0.2) is 110 Å². The molecule has 534 valence electrons. The lowest BCUT2D eigenvalue weighted by molar-refractivity contribution is -0.119. The standard InChI is InChI=1S/C24H29N7O4.2C20H23ClN6O3.C4H7NO/c1-5-35-14(2)31-12-11-17(30-31)16-7-6-8-18(22(16)34-4)26-19-13-20(27-23(32)15-9-10-15)28-29-21(19)24(33)25-3;2*1-5-30-12(2)27-10-9-14(26-27)13-7-6-8-15(19(13)29-4)23-16-11-17(21)24-25-18(16)20(28)22-3;5-4(6)3-1-2-3/h6-8,11-15H,5,9-10H2,1-4H3,(H,25,33)(H2,26,27,28,32);2*6-12H,5H2,1-4H3,(H,22,28)(H,23,24);3H,1-2H2,(H2,5,6)/i;2*3D3;. The Morgan fingerprint density at radius 2 is 0.851 bits per heavy atom. The van der Waals surface area contributed by atoms with Gasteiger partial charge in [0.15, 0.2) is 50.5 Å². The zero-order valence-electron chi connectivity index (χ0n) is 62.9. The molecule has 11 rings (SSSR count). The van der Waals surface area contributed by atoms with Gasteiger partial charge in [-0.25, -0.2) is 14.0 Å². The average molecular weight is 1430 g/mol. The number of halogens is 2. The number of ether oxygens (including phenoxy) is 6. The third-order valence-corrected chi connectivity index (χ3v) is 15.4. The van der Waals surface area contributed by atoms with Gasteiger partial charge in [0, 0.05) is 114 Å². The SMILES string of the molecule is CCOC(C)n1ccc(-c2cccc(Nc3cc(NC(=O)C4CC4)nnc3C(=O)NC)c2OC)n1.NC(=O)C1CC1.[2H]C([2H])([2H])NC(=O)c1nnc(Cl)cc1Nc1cccc(-c2ccn(C(C)OCC)n2)c1OC.[2H]C([2H])([2H])NC(=O)c1nnc(Cl)cc1Nc1cccc(-c2ccn(C(C)OCC)n2)c1OC. The molecule has 0 radical (unpaired) electrons. The molecule has 0 saturated heterocycles.